The van der Waals surface area contributed by atoms with E-state index in [4.69, 9.17) is 4.74 Å². The average molecular weight is 200 g/mol. The van der Waals surface area contributed by atoms with Gasteiger partial charge in [-0.25, -0.2) is 0 Å². The fourth-order valence-electron chi connectivity index (χ4n) is 1.17. The van der Waals surface area contributed by atoms with Crippen molar-refractivity contribution in [3.8, 4) is 0 Å². The highest BCUT2D eigenvalue weighted by atomic mass is 16.5. The van der Waals surface area contributed by atoms with Crippen molar-refractivity contribution in [3.63, 3.8) is 0 Å². The lowest BCUT2D eigenvalue weighted by Crippen LogP contribution is -2.15. The minimum Gasteiger partial charge on any atom is -0.391 e. The van der Waals surface area contributed by atoms with Gasteiger partial charge in [-0.3, -0.25) is 0 Å². The molecule has 0 bridgehead atoms. The van der Waals surface area contributed by atoms with Gasteiger partial charge >= 0.3 is 0 Å². The SMILES string of the molecule is CCCCC(O)COCCC=C(C)C. The van der Waals surface area contributed by atoms with Crippen LogP contribution in [0.4, 0.5) is 0 Å². The van der Waals surface area contributed by atoms with E-state index in [0.29, 0.717) is 13.2 Å². The summed E-state index contributed by atoms with van der Waals surface area (Å²) in [6, 6.07) is 0. The Morgan fingerprint density at radius 3 is 2.71 bits per heavy atom. The molecule has 0 aliphatic carbocycles. The van der Waals surface area contributed by atoms with Crippen LogP contribution in [0.15, 0.2) is 11.6 Å². The van der Waals surface area contributed by atoms with E-state index in [1.165, 1.54) is 5.57 Å². The summed E-state index contributed by atoms with van der Waals surface area (Å²) in [6.45, 7) is 7.49. The fourth-order valence-corrected chi connectivity index (χ4v) is 1.17. The third kappa shape index (κ3) is 9.75. The molecular weight excluding hydrogens is 176 g/mol. The van der Waals surface area contributed by atoms with E-state index < -0.39 is 0 Å². The highest BCUT2D eigenvalue weighted by molar-refractivity contribution is 4.92. The zero-order valence-electron chi connectivity index (χ0n) is 9.75. The largest absolute Gasteiger partial charge is 0.391 e. The summed E-state index contributed by atoms with van der Waals surface area (Å²) in [5, 5.41) is 9.45. The molecule has 2 nitrogen and oxygen atoms in total. The molecule has 0 spiro atoms. The van der Waals surface area contributed by atoms with Gasteiger partial charge in [0.15, 0.2) is 0 Å². The fraction of sp³-hybridized carbons (Fsp3) is 0.833. The monoisotopic (exact) mass is 200 g/mol. The van der Waals surface area contributed by atoms with Crippen molar-refractivity contribution in [2.45, 2.75) is 52.6 Å². The Balaban J connectivity index is 3.22. The molecule has 0 aromatic heterocycles. The minimum absolute atomic E-state index is 0.276. The van der Waals surface area contributed by atoms with Crippen molar-refractivity contribution < 1.29 is 9.84 Å². The second-order valence-corrected chi connectivity index (χ2v) is 3.94. The molecule has 0 aromatic carbocycles. The number of unbranched alkanes of at least 4 members (excludes halogenated alkanes) is 1. The Kier molecular flexibility index (Phi) is 9.00. The quantitative estimate of drug-likeness (QED) is 0.482. The summed E-state index contributed by atoms with van der Waals surface area (Å²) >= 11 is 0. The summed E-state index contributed by atoms with van der Waals surface area (Å²) in [4.78, 5) is 0. The molecular formula is C12H24O2. The lowest BCUT2D eigenvalue weighted by atomic mass is 10.2. The van der Waals surface area contributed by atoms with Crippen molar-refractivity contribution in [2.75, 3.05) is 13.2 Å². The first-order valence-corrected chi connectivity index (χ1v) is 5.56. The Labute approximate surface area is 88.0 Å². The van der Waals surface area contributed by atoms with Crippen molar-refractivity contribution in [1.29, 1.82) is 0 Å². The number of ether oxygens (including phenoxy) is 1. The highest BCUT2D eigenvalue weighted by Crippen LogP contribution is 2.01. The number of hydrogen-bond donors (Lipinski definition) is 1. The van der Waals surface area contributed by atoms with Gasteiger partial charge in [0.2, 0.25) is 0 Å². The summed E-state index contributed by atoms with van der Waals surface area (Å²) in [5.74, 6) is 0. The van der Waals surface area contributed by atoms with Crippen LogP contribution in [-0.4, -0.2) is 24.4 Å². The molecule has 0 heterocycles. The molecule has 0 aliphatic heterocycles. The summed E-state index contributed by atoms with van der Waals surface area (Å²) < 4.78 is 5.35. The first-order valence-electron chi connectivity index (χ1n) is 5.56. The van der Waals surface area contributed by atoms with Gasteiger partial charge in [-0.05, 0) is 26.7 Å². The van der Waals surface area contributed by atoms with Crippen LogP contribution < -0.4 is 0 Å². The molecule has 1 atom stereocenters. The van der Waals surface area contributed by atoms with Gasteiger partial charge < -0.3 is 9.84 Å². The Bertz CT molecular complexity index is 148. The first-order chi connectivity index (χ1) is 6.66. The zero-order chi connectivity index (χ0) is 10.8. The third-order valence-electron chi connectivity index (χ3n) is 2.02. The number of allylic oxidation sites excluding steroid dienone is 1. The first kappa shape index (κ1) is 13.7. The predicted octanol–water partition coefficient (Wildman–Crippen LogP) is 2.91. The normalized spacial score (nSPS) is 12.6. The topological polar surface area (TPSA) is 29.5 Å². The molecule has 2 heteroatoms. The van der Waals surface area contributed by atoms with Gasteiger partial charge in [-0.15, -0.1) is 0 Å². The van der Waals surface area contributed by atoms with Crippen LogP contribution in [0, 0.1) is 0 Å². The van der Waals surface area contributed by atoms with E-state index >= 15 is 0 Å². The molecule has 0 radical (unpaired) electrons. The Morgan fingerprint density at radius 2 is 2.14 bits per heavy atom. The minimum atomic E-state index is -0.276. The van der Waals surface area contributed by atoms with Gasteiger partial charge in [0.25, 0.3) is 0 Å². The van der Waals surface area contributed by atoms with Crippen LogP contribution in [-0.2, 0) is 4.74 Å². The van der Waals surface area contributed by atoms with E-state index in [-0.39, 0.29) is 6.10 Å². The average Bonchev–Trinajstić information content (AvgIpc) is 2.13. The number of rotatable bonds is 8. The van der Waals surface area contributed by atoms with Crippen LogP contribution in [0.1, 0.15) is 46.5 Å². The maximum absolute atomic E-state index is 9.45. The van der Waals surface area contributed by atoms with E-state index in [1.807, 2.05) is 0 Å². The second kappa shape index (κ2) is 9.22. The van der Waals surface area contributed by atoms with Crippen LogP contribution in [0.2, 0.25) is 0 Å². The summed E-state index contributed by atoms with van der Waals surface area (Å²) in [5.41, 5.74) is 1.32. The second-order valence-electron chi connectivity index (χ2n) is 3.94. The molecule has 1 unspecified atom stereocenters. The van der Waals surface area contributed by atoms with Gasteiger partial charge in [0.1, 0.15) is 0 Å². The van der Waals surface area contributed by atoms with Crippen molar-refractivity contribution >= 4 is 0 Å². The third-order valence-corrected chi connectivity index (χ3v) is 2.02. The predicted molar refractivity (Wildman–Crippen MR) is 60.4 cm³/mol. The molecule has 0 saturated carbocycles. The van der Waals surface area contributed by atoms with Gasteiger partial charge in [-0.2, -0.15) is 0 Å². The smallest absolute Gasteiger partial charge is 0.0773 e. The van der Waals surface area contributed by atoms with Crippen LogP contribution in [0.3, 0.4) is 0 Å². The zero-order valence-corrected chi connectivity index (χ0v) is 9.75. The van der Waals surface area contributed by atoms with Crippen molar-refractivity contribution in [1.82, 2.24) is 0 Å². The summed E-state index contributed by atoms with van der Waals surface area (Å²) in [7, 11) is 0. The van der Waals surface area contributed by atoms with E-state index in [0.717, 1.165) is 25.7 Å². The van der Waals surface area contributed by atoms with Gasteiger partial charge in [-0.1, -0.05) is 31.4 Å². The highest BCUT2D eigenvalue weighted by Gasteiger charge is 2.02. The standard InChI is InChI=1S/C12H24O2/c1-4-5-8-12(13)10-14-9-6-7-11(2)3/h7,12-13H,4-6,8-10H2,1-3H3. The maximum atomic E-state index is 9.45. The molecule has 1 N–H and O–H groups in total. The molecule has 0 rings (SSSR count). The maximum Gasteiger partial charge on any atom is 0.0773 e. The van der Waals surface area contributed by atoms with E-state index in [1.54, 1.807) is 0 Å². The number of aliphatic hydroxyl groups is 1. The molecule has 14 heavy (non-hydrogen) atoms. The number of hydrogen-bond acceptors (Lipinski definition) is 2. The van der Waals surface area contributed by atoms with E-state index in [2.05, 4.69) is 26.8 Å². The van der Waals surface area contributed by atoms with Gasteiger partial charge in [0.05, 0.1) is 19.3 Å². The molecule has 0 fully saturated rings. The molecule has 0 aliphatic rings. The van der Waals surface area contributed by atoms with Gasteiger partial charge in [0, 0.05) is 0 Å². The van der Waals surface area contributed by atoms with Crippen LogP contribution in [0.25, 0.3) is 0 Å². The lowest BCUT2D eigenvalue weighted by Gasteiger charge is -2.09. The Morgan fingerprint density at radius 1 is 1.43 bits per heavy atom. The Hall–Kier alpha value is -0.340. The van der Waals surface area contributed by atoms with Crippen LogP contribution in [0.5, 0.6) is 0 Å². The molecule has 84 valence electrons. The van der Waals surface area contributed by atoms with E-state index in [9.17, 15) is 5.11 Å². The van der Waals surface area contributed by atoms with Crippen LogP contribution >= 0.6 is 0 Å². The molecule has 0 amide bonds. The number of aliphatic hydroxyl groups excluding tert-OH is 1. The lowest BCUT2D eigenvalue weighted by molar-refractivity contribution is 0.0333. The molecule has 0 saturated heterocycles. The van der Waals surface area contributed by atoms with Crippen molar-refractivity contribution in [2.24, 2.45) is 0 Å². The van der Waals surface area contributed by atoms with Crippen molar-refractivity contribution in [3.05, 3.63) is 11.6 Å². The summed E-state index contributed by atoms with van der Waals surface area (Å²) in [6.07, 6.45) is 5.90. The molecule has 0 aromatic rings.